The highest BCUT2D eigenvalue weighted by Gasteiger charge is 2.26. The summed E-state index contributed by atoms with van der Waals surface area (Å²) in [5, 5.41) is 0. The summed E-state index contributed by atoms with van der Waals surface area (Å²) in [6.45, 7) is 7.23. The van der Waals surface area contributed by atoms with Crippen molar-refractivity contribution in [1.82, 2.24) is 0 Å². The van der Waals surface area contributed by atoms with Crippen LogP contribution in [0.5, 0.6) is 0 Å². The summed E-state index contributed by atoms with van der Waals surface area (Å²) < 4.78 is 5.07. The smallest absolute Gasteiger partial charge is 0.0529 e. The number of methoxy groups -OCH3 is 1. The van der Waals surface area contributed by atoms with Gasteiger partial charge in [0, 0.05) is 18.4 Å². The Kier molecular flexibility index (Phi) is 4.30. The van der Waals surface area contributed by atoms with Gasteiger partial charge in [0.05, 0.1) is 6.61 Å². The quantitative estimate of drug-likeness (QED) is 0.581. The minimum absolute atomic E-state index is 0.135. The Labute approximate surface area is 68.7 Å². The molecule has 0 amide bonds. The molecular weight excluding hydrogens is 148 g/mol. The molecule has 0 aliphatic rings. The van der Waals surface area contributed by atoms with Crippen molar-refractivity contribution in [2.75, 3.05) is 19.6 Å². The monoisotopic (exact) mass is 164 g/mol. The highest BCUT2D eigenvalue weighted by Crippen LogP contribution is 2.28. The molecule has 0 radical (unpaired) electrons. The molecule has 0 saturated carbocycles. The summed E-state index contributed by atoms with van der Waals surface area (Å²) in [5.74, 6) is 1.24. The van der Waals surface area contributed by atoms with Crippen molar-refractivity contribution in [2.45, 2.75) is 20.8 Å². The lowest BCUT2D eigenvalue weighted by atomic mass is 9.82. The molecule has 0 heterocycles. The van der Waals surface area contributed by atoms with E-state index >= 15 is 0 Å². The lowest BCUT2D eigenvalue weighted by molar-refractivity contribution is 0.0743. The molecule has 62 valence electrons. The van der Waals surface area contributed by atoms with Crippen LogP contribution in [0.1, 0.15) is 20.8 Å². The van der Waals surface area contributed by atoms with Crippen LogP contribution in [0.4, 0.5) is 0 Å². The first kappa shape index (κ1) is 10.2. The van der Waals surface area contributed by atoms with Crippen LogP contribution >= 0.6 is 11.6 Å². The van der Waals surface area contributed by atoms with E-state index in [-0.39, 0.29) is 5.41 Å². The van der Waals surface area contributed by atoms with Gasteiger partial charge in [-0.1, -0.05) is 20.8 Å². The van der Waals surface area contributed by atoms with E-state index in [1.807, 2.05) is 0 Å². The van der Waals surface area contributed by atoms with Crippen LogP contribution in [0.15, 0.2) is 0 Å². The lowest BCUT2D eigenvalue weighted by Crippen LogP contribution is -2.30. The fourth-order valence-electron chi connectivity index (χ4n) is 0.689. The third kappa shape index (κ3) is 2.47. The molecule has 1 unspecified atom stereocenters. The van der Waals surface area contributed by atoms with E-state index in [1.165, 1.54) is 0 Å². The first-order chi connectivity index (χ1) is 4.56. The normalized spacial score (nSPS) is 17.4. The Morgan fingerprint density at radius 2 is 2.00 bits per heavy atom. The van der Waals surface area contributed by atoms with Gasteiger partial charge in [-0.05, 0) is 5.92 Å². The van der Waals surface area contributed by atoms with E-state index < -0.39 is 0 Å². The largest absolute Gasteiger partial charge is 0.384 e. The second-order valence-electron chi connectivity index (χ2n) is 3.38. The maximum absolute atomic E-state index is 5.80. The molecule has 1 atom stereocenters. The van der Waals surface area contributed by atoms with Crippen LogP contribution in [0.2, 0.25) is 0 Å². The van der Waals surface area contributed by atoms with E-state index in [1.54, 1.807) is 7.11 Å². The highest BCUT2D eigenvalue weighted by molar-refractivity contribution is 6.18. The topological polar surface area (TPSA) is 9.23 Å². The summed E-state index contributed by atoms with van der Waals surface area (Å²) in [6.07, 6.45) is 0. The number of hydrogen-bond acceptors (Lipinski definition) is 1. The van der Waals surface area contributed by atoms with E-state index in [0.29, 0.717) is 11.8 Å². The van der Waals surface area contributed by atoms with Gasteiger partial charge in [0.2, 0.25) is 0 Å². The standard InChI is InChI=1S/C8H17ClO/c1-7(2)8(3,5-9)6-10-4/h7H,5-6H2,1-4H3. The van der Waals surface area contributed by atoms with Gasteiger partial charge in [-0.25, -0.2) is 0 Å². The molecule has 0 spiro atoms. The van der Waals surface area contributed by atoms with E-state index in [9.17, 15) is 0 Å². The minimum Gasteiger partial charge on any atom is -0.384 e. The summed E-state index contributed by atoms with van der Waals surface area (Å²) in [4.78, 5) is 0. The zero-order chi connectivity index (χ0) is 8.20. The molecule has 0 saturated heterocycles. The molecule has 2 heteroatoms. The fraction of sp³-hybridized carbons (Fsp3) is 1.00. The molecule has 0 aromatic rings. The second kappa shape index (κ2) is 4.20. The Balaban J connectivity index is 3.94. The van der Waals surface area contributed by atoms with Crippen molar-refractivity contribution in [3.63, 3.8) is 0 Å². The van der Waals surface area contributed by atoms with Crippen LogP contribution in [-0.4, -0.2) is 19.6 Å². The molecule has 0 aromatic carbocycles. The van der Waals surface area contributed by atoms with Gasteiger partial charge in [0.15, 0.2) is 0 Å². The Bertz CT molecular complexity index is 93.3. The van der Waals surface area contributed by atoms with E-state index in [0.717, 1.165) is 6.61 Å². The number of rotatable bonds is 4. The zero-order valence-corrected chi connectivity index (χ0v) is 8.03. The molecule has 10 heavy (non-hydrogen) atoms. The Morgan fingerprint density at radius 3 is 2.10 bits per heavy atom. The molecule has 0 aromatic heterocycles. The summed E-state index contributed by atoms with van der Waals surface area (Å²) in [6, 6.07) is 0. The molecule has 0 N–H and O–H groups in total. The van der Waals surface area contributed by atoms with Crippen LogP contribution in [0, 0.1) is 11.3 Å². The van der Waals surface area contributed by atoms with Gasteiger partial charge in [0.1, 0.15) is 0 Å². The van der Waals surface area contributed by atoms with Gasteiger partial charge in [-0.3, -0.25) is 0 Å². The van der Waals surface area contributed by atoms with Gasteiger partial charge in [0.25, 0.3) is 0 Å². The lowest BCUT2D eigenvalue weighted by Gasteiger charge is -2.30. The van der Waals surface area contributed by atoms with Crippen molar-refractivity contribution in [2.24, 2.45) is 11.3 Å². The fourth-order valence-corrected chi connectivity index (χ4v) is 1.08. The average Bonchev–Trinajstić information content (AvgIpc) is 1.88. The SMILES string of the molecule is COCC(C)(CCl)C(C)C. The van der Waals surface area contributed by atoms with Crippen molar-refractivity contribution in [3.8, 4) is 0 Å². The van der Waals surface area contributed by atoms with Crippen LogP contribution < -0.4 is 0 Å². The third-order valence-corrected chi connectivity index (χ3v) is 2.78. The van der Waals surface area contributed by atoms with Crippen LogP contribution in [-0.2, 0) is 4.74 Å². The molecule has 0 bridgehead atoms. The first-order valence-electron chi connectivity index (χ1n) is 3.61. The van der Waals surface area contributed by atoms with E-state index in [4.69, 9.17) is 16.3 Å². The molecular formula is C8H17ClO. The van der Waals surface area contributed by atoms with Crippen molar-refractivity contribution < 1.29 is 4.74 Å². The predicted molar refractivity (Wildman–Crippen MR) is 45.5 cm³/mol. The molecule has 1 nitrogen and oxygen atoms in total. The summed E-state index contributed by atoms with van der Waals surface area (Å²) >= 11 is 5.80. The average molecular weight is 165 g/mol. The minimum atomic E-state index is 0.135. The van der Waals surface area contributed by atoms with Gasteiger partial charge < -0.3 is 4.74 Å². The van der Waals surface area contributed by atoms with Crippen molar-refractivity contribution in [1.29, 1.82) is 0 Å². The van der Waals surface area contributed by atoms with Crippen molar-refractivity contribution in [3.05, 3.63) is 0 Å². The molecule has 0 fully saturated rings. The van der Waals surface area contributed by atoms with Crippen LogP contribution in [0.3, 0.4) is 0 Å². The maximum Gasteiger partial charge on any atom is 0.0529 e. The van der Waals surface area contributed by atoms with Crippen molar-refractivity contribution >= 4 is 11.6 Å². The predicted octanol–water partition coefficient (Wildman–Crippen LogP) is 2.53. The summed E-state index contributed by atoms with van der Waals surface area (Å²) in [5.41, 5.74) is 0.135. The van der Waals surface area contributed by atoms with Crippen LogP contribution in [0.25, 0.3) is 0 Å². The number of ether oxygens (including phenoxy) is 1. The Hall–Kier alpha value is 0.250. The number of hydrogen-bond donors (Lipinski definition) is 0. The molecule has 0 aliphatic carbocycles. The number of halogens is 1. The second-order valence-corrected chi connectivity index (χ2v) is 3.64. The Morgan fingerprint density at radius 1 is 1.50 bits per heavy atom. The summed E-state index contributed by atoms with van der Waals surface area (Å²) in [7, 11) is 1.72. The maximum atomic E-state index is 5.80. The number of alkyl halides is 1. The van der Waals surface area contributed by atoms with Gasteiger partial charge in [-0.2, -0.15) is 0 Å². The third-order valence-electron chi connectivity index (χ3n) is 2.17. The van der Waals surface area contributed by atoms with Gasteiger partial charge in [-0.15, -0.1) is 11.6 Å². The zero-order valence-electron chi connectivity index (χ0n) is 7.28. The van der Waals surface area contributed by atoms with E-state index in [2.05, 4.69) is 20.8 Å². The van der Waals surface area contributed by atoms with Gasteiger partial charge >= 0.3 is 0 Å². The molecule has 0 aliphatic heterocycles. The highest BCUT2D eigenvalue weighted by atomic mass is 35.5. The molecule has 0 rings (SSSR count). The first-order valence-corrected chi connectivity index (χ1v) is 4.15.